The largest absolute Gasteiger partial charge is 0.497 e. The van der Waals surface area contributed by atoms with Gasteiger partial charge in [0.25, 0.3) is 0 Å². The summed E-state index contributed by atoms with van der Waals surface area (Å²) in [4.78, 5) is 27.3. The van der Waals surface area contributed by atoms with Gasteiger partial charge in [0.1, 0.15) is 11.9 Å². The number of esters is 1. The highest BCUT2D eigenvalue weighted by Gasteiger charge is 2.42. The van der Waals surface area contributed by atoms with E-state index in [2.05, 4.69) is 5.32 Å². The van der Waals surface area contributed by atoms with Crippen molar-refractivity contribution in [3.63, 3.8) is 0 Å². The lowest BCUT2D eigenvalue weighted by molar-refractivity contribution is -0.144. The maximum absolute atomic E-state index is 13.8. The monoisotopic (exact) mass is 525 g/mol. The number of hydrogen-bond acceptors (Lipinski definition) is 5. The molecule has 7 heteroatoms. The number of dihydropyridines is 1. The Morgan fingerprint density at radius 3 is 2.42 bits per heavy atom. The molecule has 36 heavy (non-hydrogen) atoms. The van der Waals surface area contributed by atoms with Crippen molar-refractivity contribution in [1.82, 2.24) is 5.32 Å². The van der Waals surface area contributed by atoms with Crippen LogP contribution in [0.2, 0.25) is 10.0 Å². The van der Waals surface area contributed by atoms with Gasteiger partial charge < -0.3 is 14.8 Å². The second-order valence-electron chi connectivity index (χ2n) is 9.77. The molecule has 1 N–H and O–H groups in total. The first-order valence-corrected chi connectivity index (χ1v) is 13.1. The summed E-state index contributed by atoms with van der Waals surface area (Å²) in [6.45, 7) is 1.87. The van der Waals surface area contributed by atoms with Crippen LogP contribution in [-0.2, 0) is 14.3 Å². The third kappa shape index (κ3) is 4.79. The van der Waals surface area contributed by atoms with E-state index in [4.69, 9.17) is 32.7 Å². The normalized spacial score (nSPS) is 22.4. The van der Waals surface area contributed by atoms with Gasteiger partial charge in [0.05, 0.1) is 12.7 Å². The molecule has 0 amide bonds. The second kappa shape index (κ2) is 10.3. The van der Waals surface area contributed by atoms with Gasteiger partial charge in [-0.1, -0.05) is 41.4 Å². The fraction of sp³-hybridized carbons (Fsp3) is 0.379. The molecule has 1 aliphatic heterocycles. The summed E-state index contributed by atoms with van der Waals surface area (Å²) in [5.41, 5.74) is 4.32. The van der Waals surface area contributed by atoms with Gasteiger partial charge in [0.2, 0.25) is 0 Å². The van der Waals surface area contributed by atoms with Crippen molar-refractivity contribution in [2.45, 2.75) is 63.4 Å². The zero-order chi connectivity index (χ0) is 25.4. The van der Waals surface area contributed by atoms with Gasteiger partial charge in [0.15, 0.2) is 5.78 Å². The molecule has 2 atom stereocenters. The molecular weight excluding hydrogens is 497 g/mol. The number of nitrogens with one attached hydrogen (secondary N) is 1. The van der Waals surface area contributed by atoms with Crippen LogP contribution < -0.4 is 10.1 Å². The van der Waals surface area contributed by atoms with Crippen LogP contribution in [-0.4, -0.2) is 25.0 Å². The molecule has 5 rings (SSSR count). The van der Waals surface area contributed by atoms with Crippen LogP contribution in [0.3, 0.4) is 0 Å². The van der Waals surface area contributed by atoms with E-state index < -0.39 is 5.92 Å². The molecule has 0 saturated heterocycles. The smallest absolute Gasteiger partial charge is 0.337 e. The van der Waals surface area contributed by atoms with Crippen LogP contribution in [0, 0.1) is 0 Å². The molecule has 188 valence electrons. The standard InChI is InChI=1S/C29H29Cl2NO4/c1-16-26(29(34)36-21-5-3-4-6-21)27(22-12-9-19(30)15-23(22)31)28-24(32-16)13-18(14-25(28)33)17-7-10-20(35-2)11-8-17/h7-12,15,18,21,27,32H,3-6,13-14H2,1-2H3/t18-,27-/m0/s1. The average molecular weight is 526 g/mol. The molecule has 0 radical (unpaired) electrons. The molecular formula is C29H29Cl2NO4. The van der Waals surface area contributed by atoms with Crippen LogP contribution in [0.15, 0.2) is 65.0 Å². The minimum atomic E-state index is -0.607. The summed E-state index contributed by atoms with van der Waals surface area (Å²) < 4.78 is 11.2. The summed E-state index contributed by atoms with van der Waals surface area (Å²) in [5.74, 6) is -0.197. The second-order valence-corrected chi connectivity index (χ2v) is 10.6. The number of hydrogen-bond donors (Lipinski definition) is 1. The predicted octanol–water partition coefficient (Wildman–Crippen LogP) is 6.85. The number of ketones is 1. The van der Waals surface area contributed by atoms with E-state index in [0.29, 0.717) is 45.3 Å². The molecule has 2 aromatic rings. The lowest BCUT2D eigenvalue weighted by atomic mass is 9.71. The summed E-state index contributed by atoms with van der Waals surface area (Å²) in [6.07, 6.45) is 4.76. The van der Waals surface area contributed by atoms with Gasteiger partial charge in [0, 0.05) is 39.4 Å². The number of halogens is 2. The Balaban J connectivity index is 1.54. The van der Waals surface area contributed by atoms with E-state index in [1.807, 2.05) is 37.3 Å². The average Bonchev–Trinajstić information content (AvgIpc) is 3.36. The number of rotatable bonds is 5. The van der Waals surface area contributed by atoms with Crippen molar-refractivity contribution >= 4 is 35.0 Å². The van der Waals surface area contributed by atoms with Crippen LogP contribution in [0.25, 0.3) is 0 Å². The summed E-state index contributed by atoms with van der Waals surface area (Å²) in [5, 5.41) is 4.32. The third-order valence-corrected chi connectivity index (χ3v) is 8.05. The van der Waals surface area contributed by atoms with E-state index in [1.54, 1.807) is 19.2 Å². The first-order valence-electron chi connectivity index (χ1n) is 12.4. The van der Waals surface area contributed by atoms with E-state index in [1.165, 1.54) is 0 Å². The molecule has 1 fully saturated rings. The summed E-state index contributed by atoms with van der Waals surface area (Å²) >= 11 is 12.8. The molecule has 5 nitrogen and oxygen atoms in total. The number of ether oxygens (including phenoxy) is 2. The van der Waals surface area contributed by atoms with Gasteiger partial charge in [-0.2, -0.15) is 0 Å². The molecule has 0 aromatic heterocycles. The van der Waals surface area contributed by atoms with Crippen molar-refractivity contribution < 1.29 is 19.1 Å². The summed E-state index contributed by atoms with van der Waals surface area (Å²) in [6, 6.07) is 13.0. The maximum Gasteiger partial charge on any atom is 0.337 e. The topological polar surface area (TPSA) is 64.6 Å². The van der Waals surface area contributed by atoms with Gasteiger partial charge in [-0.25, -0.2) is 4.79 Å². The van der Waals surface area contributed by atoms with Gasteiger partial charge in [-0.05, 0) is 80.3 Å². The Morgan fingerprint density at radius 2 is 1.75 bits per heavy atom. The van der Waals surface area contributed by atoms with Gasteiger partial charge >= 0.3 is 5.97 Å². The molecule has 0 bridgehead atoms. The third-order valence-electron chi connectivity index (χ3n) is 7.48. The lowest BCUT2D eigenvalue weighted by Crippen LogP contribution is -2.36. The van der Waals surface area contributed by atoms with E-state index in [0.717, 1.165) is 42.7 Å². The highest BCUT2D eigenvalue weighted by atomic mass is 35.5. The van der Waals surface area contributed by atoms with Crippen LogP contribution in [0.4, 0.5) is 0 Å². The van der Waals surface area contributed by atoms with Crippen LogP contribution in [0.1, 0.15) is 68.4 Å². The number of carbonyl (C=O) groups excluding carboxylic acids is 2. The first-order chi connectivity index (χ1) is 17.4. The number of methoxy groups -OCH3 is 1. The van der Waals surface area contributed by atoms with Crippen molar-refractivity contribution in [3.05, 3.63) is 86.2 Å². The number of carbonyl (C=O) groups is 2. The van der Waals surface area contributed by atoms with Crippen LogP contribution >= 0.6 is 23.2 Å². The fourth-order valence-electron chi connectivity index (χ4n) is 5.69. The summed E-state index contributed by atoms with van der Waals surface area (Å²) in [7, 11) is 1.63. The molecule has 2 aromatic carbocycles. The molecule has 3 aliphatic rings. The Kier molecular flexibility index (Phi) is 7.14. The van der Waals surface area contributed by atoms with E-state index in [-0.39, 0.29) is 23.8 Å². The van der Waals surface area contributed by atoms with Gasteiger partial charge in [-0.15, -0.1) is 0 Å². The Labute approximate surface area is 221 Å². The highest BCUT2D eigenvalue weighted by molar-refractivity contribution is 6.35. The predicted molar refractivity (Wildman–Crippen MR) is 140 cm³/mol. The Bertz CT molecular complexity index is 1260. The maximum atomic E-state index is 13.8. The molecule has 0 spiro atoms. The molecule has 1 heterocycles. The SMILES string of the molecule is COc1ccc([C@@H]2CC(=O)C3=C(C2)NC(C)=C(C(=O)OC2CCCC2)[C@@H]3c2ccc(Cl)cc2Cl)cc1. The van der Waals surface area contributed by atoms with Crippen LogP contribution in [0.5, 0.6) is 5.75 Å². The van der Waals surface area contributed by atoms with Crippen molar-refractivity contribution in [1.29, 1.82) is 0 Å². The molecule has 0 unspecified atom stereocenters. The quantitative estimate of drug-likeness (QED) is 0.432. The van der Waals surface area contributed by atoms with Crippen molar-refractivity contribution in [2.24, 2.45) is 0 Å². The Hall–Kier alpha value is -2.76. The van der Waals surface area contributed by atoms with Gasteiger partial charge in [-0.3, -0.25) is 4.79 Å². The highest BCUT2D eigenvalue weighted by Crippen LogP contribution is 2.47. The minimum absolute atomic E-state index is 0.000693. The zero-order valence-electron chi connectivity index (χ0n) is 20.4. The number of allylic oxidation sites excluding steroid dienone is 3. The number of benzene rings is 2. The van der Waals surface area contributed by atoms with E-state index >= 15 is 0 Å². The van der Waals surface area contributed by atoms with E-state index in [9.17, 15) is 9.59 Å². The van der Waals surface area contributed by atoms with Crippen molar-refractivity contribution in [3.8, 4) is 5.75 Å². The molecule has 2 aliphatic carbocycles. The molecule has 1 saturated carbocycles. The van der Waals surface area contributed by atoms with Crippen molar-refractivity contribution in [2.75, 3.05) is 7.11 Å². The minimum Gasteiger partial charge on any atom is -0.497 e. The lowest BCUT2D eigenvalue weighted by Gasteiger charge is -2.37. The Morgan fingerprint density at radius 1 is 1.03 bits per heavy atom. The number of Topliss-reactive ketones (excluding diaryl/α,β-unsaturated/α-hetero) is 1. The fourth-order valence-corrected chi connectivity index (χ4v) is 6.21. The first kappa shape index (κ1) is 24.9. The zero-order valence-corrected chi connectivity index (χ0v) is 21.9.